The van der Waals surface area contributed by atoms with Crippen LogP contribution >= 0.6 is 11.6 Å². The molecule has 2 aromatic rings. The van der Waals surface area contributed by atoms with Gasteiger partial charge in [-0.15, -0.1) is 0 Å². The highest BCUT2D eigenvalue weighted by Crippen LogP contribution is 2.31. The van der Waals surface area contributed by atoms with Crippen molar-refractivity contribution in [2.75, 3.05) is 7.11 Å². The molecule has 0 aliphatic heterocycles. The van der Waals surface area contributed by atoms with Crippen LogP contribution in [0.4, 0.5) is 0 Å². The second-order valence-electron chi connectivity index (χ2n) is 4.46. The van der Waals surface area contributed by atoms with Gasteiger partial charge >= 0.3 is 0 Å². The van der Waals surface area contributed by atoms with Crippen LogP contribution < -0.4 is 10.5 Å². The summed E-state index contributed by atoms with van der Waals surface area (Å²) in [6, 6.07) is 13.7. The van der Waals surface area contributed by atoms with Crippen molar-refractivity contribution in [1.82, 2.24) is 0 Å². The molecule has 0 aromatic heterocycles. The van der Waals surface area contributed by atoms with Gasteiger partial charge in [0.2, 0.25) is 0 Å². The molecule has 1 unspecified atom stereocenters. The number of aryl methyl sites for hydroxylation is 1. The molecule has 0 aliphatic carbocycles. The highest BCUT2D eigenvalue weighted by atomic mass is 35.5. The first-order valence-electron chi connectivity index (χ1n) is 6.33. The van der Waals surface area contributed by atoms with E-state index in [0.29, 0.717) is 5.02 Å². The van der Waals surface area contributed by atoms with Crippen LogP contribution in [0, 0.1) is 0 Å². The van der Waals surface area contributed by atoms with E-state index in [1.807, 2.05) is 24.3 Å². The van der Waals surface area contributed by atoms with Crippen molar-refractivity contribution < 1.29 is 4.74 Å². The molecule has 0 aliphatic rings. The molecule has 2 nitrogen and oxygen atoms in total. The molecule has 0 spiro atoms. The third kappa shape index (κ3) is 3.09. The van der Waals surface area contributed by atoms with Gasteiger partial charge in [-0.1, -0.05) is 48.9 Å². The lowest BCUT2D eigenvalue weighted by Crippen LogP contribution is -2.13. The number of halogens is 1. The molecule has 3 heteroatoms. The lowest BCUT2D eigenvalue weighted by molar-refractivity contribution is 0.408. The van der Waals surface area contributed by atoms with E-state index in [1.165, 1.54) is 5.56 Å². The summed E-state index contributed by atoms with van der Waals surface area (Å²) >= 11 is 5.97. The van der Waals surface area contributed by atoms with Crippen LogP contribution in [-0.2, 0) is 6.42 Å². The molecule has 0 fully saturated rings. The molecule has 0 saturated carbocycles. The number of hydrogen-bond acceptors (Lipinski definition) is 2. The fourth-order valence-corrected chi connectivity index (χ4v) is 2.29. The Morgan fingerprint density at radius 1 is 1.21 bits per heavy atom. The second-order valence-corrected chi connectivity index (χ2v) is 4.90. The van der Waals surface area contributed by atoms with E-state index in [0.717, 1.165) is 23.3 Å². The van der Waals surface area contributed by atoms with E-state index >= 15 is 0 Å². The molecule has 2 N–H and O–H groups in total. The zero-order valence-electron chi connectivity index (χ0n) is 11.2. The fraction of sp³-hybridized carbons (Fsp3) is 0.250. The van der Waals surface area contributed by atoms with Crippen LogP contribution in [0.1, 0.15) is 29.7 Å². The highest BCUT2D eigenvalue weighted by molar-refractivity contribution is 6.30. The largest absolute Gasteiger partial charge is 0.496 e. The standard InChI is InChI=1S/C16H18ClNO/c1-3-11-5-4-6-12(9-11)16(18)14-8-7-13(17)10-15(14)19-2/h4-10,16H,3,18H2,1-2H3. The first-order valence-corrected chi connectivity index (χ1v) is 6.71. The Balaban J connectivity index is 2.40. The third-order valence-corrected chi connectivity index (χ3v) is 3.48. The Kier molecular flexibility index (Phi) is 4.46. The molecule has 2 aromatic carbocycles. The van der Waals surface area contributed by atoms with E-state index in [4.69, 9.17) is 22.1 Å². The van der Waals surface area contributed by atoms with Gasteiger partial charge in [0.05, 0.1) is 13.2 Å². The summed E-state index contributed by atoms with van der Waals surface area (Å²) < 4.78 is 5.36. The number of methoxy groups -OCH3 is 1. The van der Waals surface area contributed by atoms with Crippen LogP contribution in [0.15, 0.2) is 42.5 Å². The third-order valence-electron chi connectivity index (χ3n) is 3.25. The normalized spacial score (nSPS) is 12.2. The van der Waals surface area contributed by atoms with Gasteiger partial charge in [-0.25, -0.2) is 0 Å². The molecule has 19 heavy (non-hydrogen) atoms. The molecule has 0 amide bonds. The zero-order valence-corrected chi connectivity index (χ0v) is 11.9. The van der Waals surface area contributed by atoms with Crippen LogP contribution in [0.5, 0.6) is 5.75 Å². The predicted octanol–water partition coefficient (Wildman–Crippen LogP) is 3.96. The minimum Gasteiger partial charge on any atom is -0.496 e. The highest BCUT2D eigenvalue weighted by Gasteiger charge is 2.14. The molecule has 0 bridgehead atoms. The lowest BCUT2D eigenvalue weighted by Gasteiger charge is -2.17. The Bertz CT molecular complexity index is 568. The molecule has 0 radical (unpaired) electrons. The number of nitrogens with two attached hydrogens (primary N) is 1. The smallest absolute Gasteiger partial charge is 0.125 e. The molecule has 0 heterocycles. The van der Waals surface area contributed by atoms with Gasteiger partial charge in [0.1, 0.15) is 5.75 Å². The van der Waals surface area contributed by atoms with Crippen LogP contribution in [0.2, 0.25) is 5.02 Å². The SMILES string of the molecule is CCc1cccc(C(N)c2ccc(Cl)cc2OC)c1. The van der Waals surface area contributed by atoms with E-state index in [1.54, 1.807) is 13.2 Å². The Labute approximate surface area is 119 Å². The summed E-state index contributed by atoms with van der Waals surface area (Å²) in [5, 5.41) is 0.648. The van der Waals surface area contributed by atoms with Crippen molar-refractivity contribution in [3.63, 3.8) is 0 Å². The number of ether oxygens (including phenoxy) is 1. The van der Waals surface area contributed by atoms with Crippen molar-refractivity contribution in [2.45, 2.75) is 19.4 Å². The minimum atomic E-state index is -0.210. The molecule has 100 valence electrons. The average molecular weight is 276 g/mol. The van der Waals surface area contributed by atoms with Crippen molar-refractivity contribution >= 4 is 11.6 Å². The number of hydrogen-bond donors (Lipinski definition) is 1. The topological polar surface area (TPSA) is 35.2 Å². The maximum Gasteiger partial charge on any atom is 0.125 e. The molecule has 0 saturated heterocycles. The summed E-state index contributed by atoms with van der Waals surface area (Å²) in [7, 11) is 1.63. The van der Waals surface area contributed by atoms with Crippen molar-refractivity contribution in [2.24, 2.45) is 5.73 Å². The van der Waals surface area contributed by atoms with Gasteiger partial charge in [-0.05, 0) is 29.7 Å². The van der Waals surface area contributed by atoms with E-state index in [9.17, 15) is 0 Å². The first-order chi connectivity index (χ1) is 9.15. The summed E-state index contributed by atoms with van der Waals surface area (Å²) in [6.07, 6.45) is 0.998. The van der Waals surface area contributed by atoms with Gasteiger partial charge in [-0.2, -0.15) is 0 Å². The Morgan fingerprint density at radius 3 is 2.68 bits per heavy atom. The van der Waals surface area contributed by atoms with E-state index < -0.39 is 0 Å². The minimum absolute atomic E-state index is 0.210. The van der Waals surface area contributed by atoms with Crippen molar-refractivity contribution in [3.05, 3.63) is 64.2 Å². The zero-order chi connectivity index (χ0) is 13.8. The van der Waals surface area contributed by atoms with Crippen molar-refractivity contribution in [3.8, 4) is 5.75 Å². The average Bonchev–Trinajstić information content (AvgIpc) is 2.46. The summed E-state index contributed by atoms with van der Waals surface area (Å²) in [5.41, 5.74) is 9.65. The summed E-state index contributed by atoms with van der Waals surface area (Å²) in [4.78, 5) is 0. The van der Waals surface area contributed by atoms with Gasteiger partial charge < -0.3 is 10.5 Å². The van der Waals surface area contributed by atoms with Crippen LogP contribution in [0.3, 0.4) is 0 Å². The lowest BCUT2D eigenvalue weighted by atomic mass is 9.96. The molecule has 2 rings (SSSR count). The van der Waals surface area contributed by atoms with Crippen molar-refractivity contribution in [1.29, 1.82) is 0 Å². The molecular formula is C16H18ClNO. The van der Waals surface area contributed by atoms with Gasteiger partial charge in [0.15, 0.2) is 0 Å². The number of rotatable bonds is 4. The second kappa shape index (κ2) is 6.09. The predicted molar refractivity (Wildman–Crippen MR) is 79.9 cm³/mol. The quantitative estimate of drug-likeness (QED) is 0.917. The summed E-state index contributed by atoms with van der Waals surface area (Å²) in [6.45, 7) is 2.13. The maximum absolute atomic E-state index is 6.34. The van der Waals surface area contributed by atoms with E-state index in [2.05, 4.69) is 19.1 Å². The van der Waals surface area contributed by atoms with Gasteiger partial charge in [0, 0.05) is 10.6 Å². The van der Waals surface area contributed by atoms with Crippen LogP contribution in [-0.4, -0.2) is 7.11 Å². The monoisotopic (exact) mass is 275 g/mol. The number of benzene rings is 2. The molecule has 1 atom stereocenters. The Hall–Kier alpha value is -1.51. The van der Waals surface area contributed by atoms with E-state index in [-0.39, 0.29) is 6.04 Å². The van der Waals surface area contributed by atoms with Gasteiger partial charge in [-0.3, -0.25) is 0 Å². The summed E-state index contributed by atoms with van der Waals surface area (Å²) in [5.74, 6) is 0.724. The fourth-order valence-electron chi connectivity index (χ4n) is 2.13. The molecular weight excluding hydrogens is 258 g/mol. The first kappa shape index (κ1) is 13.9. The maximum atomic E-state index is 6.34. The van der Waals surface area contributed by atoms with Gasteiger partial charge in [0.25, 0.3) is 0 Å². The van der Waals surface area contributed by atoms with Crippen LogP contribution in [0.25, 0.3) is 0 Å². The Morgan fingerprint density at radius 2 is 2.00 bits per heavy atom.